The van der Waals surface area contributed by atoms with E-state index >= 15 is 0 Å². The lowest BCUT2D eigenvalue weighted by Gasteiger charge is -2.21. The maximum absolute atomic E-state index is 11.9. The van der Waals surface area contributed by atoms with Crippen LogP contribution in [-0.2, 0) is 26.5 Å². The van der Waals surface area contributed by atoms with Crippen molar-refractivity contribution in [2.24, 2.45) is 0 Å². The molecule has 0 aliphatic rings. The van der Waals surface area contributed by atoms with Gasteiger partial charge < -0.3 is 5.32 Å². The number of amides is 1. The maximum Gasteiger partial charge on any atom is 0.241 e. The Balaban J connectivity index is 2.69. The summed E-state index contributed by atoms with van der Waals surface area (Å²) < 4.78 is 21.6. The van der Waals surface area contributed by atoms with Gasteiger partial charge in [0.1, 0.15) is 4.75 Å². The van der Waals surface area contributed by atoms with E-state index in [9.17, 15) is 13.2 Å². The van der Waals surface area contributed by atoms with Crippen LogP contribution in [0.3, 0.4) is 0 Å². The number of sulfone groups is 1. The second kappa shape index (κ2) is 6.05. The van der Waals surface area contributed by atoms with E-state index in [4.69, 9.17) is 0 Å². The summed E-state index contributed by atoms with van der Waals surface area (Å²) in [6, 6.07) is 7.73. The van der Waals surface area contributed by atoms with Crippen LogP contribution < -0.4 is 5.32 Å². The van der Waals surface area contributed by atoms with Crippen LogP contribution in [0, 0.1) is 0 Å². The highest BCUT2D eigenvalue weighted by Crippen LogP contribution is 2.15. The van der Waals surface area contributed by atoms with Crippen molar-refractivity contribution in [1.82, 2.24) is 5.32 Å². The van der Waals surface area contributed by atoms with E-state index in [-0.39, 0.29) is 0 Å². The van der Waals surface area contributed by atoms with Crippen LogP contribution in [0.1, 0.15) is 25.0 Å². The molecule has 0 atom stereocenters. The molecule has 0 spiro atoms. The molecule has 0 heterocycles. The SMILES string of the molecule is CC(C)(C(=O)NCc1ccc(CBr)cc1)S(C)(=O)=O. The molecule has 1 amide bonds. The fourth-order valence-corrected chi connectivity index (χ4v) is 2.09. The summed E-state index contributed by atoms with van der Waals surface area (Å²) in [5.41, 5.74) is 2.08. The zero-order chi connectivity index (χ0) is 14.7. The highest BCUT2D eigenvalue weighted by molar-refractivity contribution is 9.08. The topological polar surface area (TPSA) is 63.2 Å². The van der Waals surface area contributed by atoms with Gasteiger partial charge in [-0.2, -0.15) is 0 Å². The van der Waals surface area contributed by atoms with Crippen molar-refractivity contribution in [3.63, 3.8) is 0 Å². The van der Waals surface area contributed by atoms with Crippen molar-refractivity contribution in [3.8, 4) is 0 Å². The van der Waals surface area contributed by atoms with Gasteiger partial charge in [0, 0.05) is 18.1 Å². The number of carbonyl (C=O) groups excluding carboxylic acids is 1. The van der Waals surface area contributed by atoms with Gasteiger partial charge in [-0.1, -0.05) is 40.2 Å². The van der Waals surface area contributed by atoms with Crippen LogP contribution in [0.4, 0.5) is 0 Å². The van der Waals surface area contributed by atoms with E-state index in [0.29, 0.717) is 6.54 Å². The van der Waals surface area contributed by atoms with Crippen LogP contribution in [0.25, 0.3) is 0 Å². The van der Waals surface area contributed by atoms with Crippen molar-refractivity contribution < 1.29 is 13.2 Å². The molecule has 0 saturated carbocycles. The first-order valence-electron chi connectivity index (χ1n) is 5.80. The number of nitrogens with one attached hydrogen (secondary N) is 1. The van der Waals surface area contributed by atoms with Crippen LogP contribution in [0.5, 0.6) is 0 Å². The van der Waals surface area contributed by atoms with E-state index in [1.165, 1.54) is 13.8 Å². The summed E-state index contributed by atoms with van der Waals surface area (Å²) in [6.45, 7) is 3.14. The first-order valence-corrected chi connectivity index (χ1v) is 8.81. The van der Waals surface area contributed by atoms with Gasteiger partial charge in [0.15, 0.2) is 9.84 Å². The number of benzene rings is 1. The molecule has 1 rings (SSSR count). The Morgan fingerprint density at radius 3 is 2.11 bits per heavy atom. The molecule has 0 unspecified atom stereocenters. The van der Waals surface area contributed by atoms with Crippen LogP contribution in [0.15, 0.2) is 24.3 Å². The first kappa shape index (κ1) is 16.2. The molecule has 0 aliphatic heterocycles. The van der Waals surface area contributed by atoms with Gasteiger partial charge in [0.05, 0.1) is 0 Å². The average molecular weight is 348 g/mol. The Hall–Kier alpha value is -0.880. The van der Waals surface area contributed by atoms with Gasteiger partial charge in [-0.25, -0.2) is 8.42 Å². The number of halogens is 1. The van der Waals surface area contributed by atoms with Crippen LogP contribution >= 0.6 is 15.9 Å². The van der Waals surface area contributed by atoms with Crippen molar-refractivity contribution in [1.29, 1.82) is 0 Å². The van der Waals surface area contributed by atoms with Crippen LogP contribution in [0.2, 0.25) is 0 Å². The standard InChI is InChI=1S/C13H18BrNO3S/c1-13(2,19(3,17)18)12(16)15-9-11-6-4-10(8-14)5-7-11/h4-7H,8-9H2,1-3H3,(H,15,16). The quantitative estimate of drug-likeness (QED) is 0.828. The van der Waals surface area contributed by atoms with E-state index in [0.717, 1.165) is 22.7 Å². The molecule has 0 radical (unpaired) electrons. The van der Waals surface area contributed by atoms with E-state index in [1.54, 1.807) is 0 Å². The summed E-state index contributed by atoms with van der Waals surface area (Å²) >= 11 is 3.36. The first-order chi connectivity index (χ1) is 8.68. The van der Waals surface area contributed by atoms with Gasteiger partial charge >= 0.3 is 0 Å². The summed E-state index contributed by atoms with van der Waals surface area (Å²) in [5, 5.41) is 3.43. The molecule has 0 saturated heterocycles. The molecule has 6 heteroatoms. The van der Waals surface area contributed by atoms with Gasteiger partial charge in [0.2, 0.25) is 5.91 Å². The fourth-order valence-electron chi connectivity index (χ4n) is 1.31. The molecular formula is C13H18BrNO3S. The number of alkyl halides is 1. The summed E-state index contributed by atoms with van der Waals surface area (Å²) in [4.78, 5) is 11.9. The third-order valence-corrected chi connectivity index (χ3v) is 5.79. The van der Waals surface area contributed by atoms with E-state index < -0.39 is 20.5 Å². The Kier molecular flexibility index (Phi) is 5.15. The minimum atomic E-state index is -3.43. The second-order valence-corrected chi connectivity index (χ2v) is 8.04. The maximum atomic E-state index is 11.9. The molecule has 106 valence electrons. The number of hydrogen-bond donors (Lipinski definition) is 1. The third-order valence-electron chi connectivity index (χ3n) is 3.10. The van der Waals surface area contributed by atoms with E-state index in [2.05, 4.69) is 21.2 Å². The van der Waals surface area contributed by atoms with Gasteiger partial charge in [-0.3, -0.25) is 4.79 Å². The molecule has 1 aromatic rings. The normalized spacial score (nSPS) is 12.2. The fraction of sp³-hybridized carbons (Fsp3) is 0.462. The molecular weight excluding hydrogens is 330 g/mol. The largest absolute Gasteiger partial charge is 0.351 e. The molecule has 1 N–H and O–H groups in total. The average Bonchev–Trinajstić information content (AvgIpc) is 2.35. The minimum Gasteiger partial charge on any atom is -0.351 e. The summed E-state index contributed by atoms with van der Waals surface area (Å²) in [6.07, 6.45) is 1.07. The number of carbonyl (C=O) groups is 1. The lowest BCUT2D eigenvalue weighted by Crippen LogP contribution is -2.47. The van der Waals surface area contributed by atoms with Crippen molar-refractivity contribution >= 4 is 31.7 Å². The molecule has 0 aromatic heterocycles. The Bertz CT molecular complexity index is 550. The molecule has 0 fully saturated rings. The predicted octanol–water partition coefficient (Wildman–Crippen LogP) is 2.02. The van der Waals surface area contributed by atoms with Crippen molar-refractivity contribution in [3.05, 3.63) is 35.4 Å². The monoisotopic (exact) mass is 347 g/mol. The predicted molar refractivity (Wildman–Crippen MR) is 79.8 cm³/mol. The Morgan fingerprint density at radius 1 is 1.21 bits per heavy atom. The van der Waals surface area contributed by atoms with Crippen molar-refractivity contribution in [2.45, 2.75) is 30.5 Å². The van der Waals surface area contributed by atoms with Gasteiger partial charge in [-0.05, 0) is 25.0 Å². The summed E-state index contributed by atoms with van der Waals surface area (Å²) in [5.74, 6) is -0.487. The molecule has 0 aliphatic carbocycles. The highest BCUT2D eigenvalue weighted by Gasteiger charge is 2.38. The minimum absolute atomic E-state index is 0.320. The van der Waals surface area contributed by atoms with E-state index in [1.807, 2.05) is 24.3 Å². The summed E-state index contributed by atoms with van der Waals surface area (Å²) in [7, 11) is -3.43. The number of hydrogen-bond acceptors (Lipinski definition) is 3. The number of rotatable bonds is 5. The lowest BCUT2D eigenvalue weighted by molar-refractivity contribution is -0.123. The smallest absolute Gasteiger partial charge is 0.241 e. The van der Waals surface area contributed by atoms with Crippen molar-refractivity contribution in [2.75, 3.05) is 6.26 Å². The Morgan fingerprint density at radius 2 is 1.68 bits per heavy atom. The molecule has 19 heavy (non-hydrogen) atoms. The highest BCUT2D eigenvalue weighted by atomic mass is 79.9. The van der Waals surface area contributed by atoms with Crippen LogP contribution in [-0.4, -0.2) is 25.3 Å². The molecule has 4 nitrogen and oxygen atoms in total. The third kappa shape index (κ3) is 4.04. The lowest BCUT2D eigenvalue weighted by atomic mass is 10.1. The molecule has 0 bridgehead atoms. The molecule has 1 aromatic carbocycles. The van der Waals surface area contributed by atoms with Gasteiger partial charge in [0.25, 0.3) is 0 Å². The Labute approximate surface area is 122 Å². The van der Waals surface area contributed by atoms with Gasteiger partial charge in [-0.15, -0.1) is 0 Å². The second-order valence-electron chi connectivity index (χ2n) is 4.92. The zero-order valence-corrected chi connectivity index (χ0v) is 13.6. The zero-order valence-electron chi connectivity index (χ0n) is 11.2.